The lowest BCUT2D eigenvalue weighted by molar-refractivity contribution is -0.129. The fraction of sp³-hybridized carbons (Fsp3) is 0.500. The predicted molar refractivity (Wildman–Crippen MR) is 77.5 cm³/mol. The monoisotopic (exact) mass is 280 g/mol. The molecule has 1 heterocycles. The van der Waals surface area contributed by atoms with E-state index in [1.165, 1.54) is 11.8 Å². The van der Waals surface area contributed by atoms with Gasteiger partial charge in [-0.05, 0) is 44.2 Å². The SMILES string of the molecule is CNCC1CCCN1C(=O)CSc1ccc(O)cc1. The van der Waals surface area contributed by atoms with Gasteiger partial charge in [0.2, 0.25) is 5.91 Å². The molecule has 4 nitrogen and oxygen atoms in total. The number of nitrogens with one attached hydrogen (secondary N) is 1. The molecule has 1 fully saturated rings. The Morgan fingerprint density at radius 3 is 2.89 bits per heavy atom. The summed E-state index contributed by atoms with van der Waals surface area (Å²) in [6.45, 7) is 1.75. The van der Waals surface area contributed by atoms with Crippen molar-refractivity contribution in [3.63, 3.8) is 0 Å². The number of rotatable bonds is 5. The number of phenolic OH excluding ortho intramolecular Hbond substituents is 1. The molecule has 1 aliphatic rings. The molecule has 0 aliphatic carbocycles. The zero-order valence-corrected chi connectivity index (χ0v) is 11.9. The molecule has 1 aromatic rings. The van der Waals surface area contributed by atoms with Gasteiger partial charge in [-0.25, -0.2) is 0 Å². The van der Waals surface area contributed by atoms with Gasteiger partial charge in [-0.3, -0.25) is 4.79 Å². The van der Waals surface area contributed by atoms with Crippen LogP contribution in [0.4, 0.5) is 0 Å². The molecule has 1 atom stereocenters. The van der Waals surface area contributed by atoms with Crippen LogP contribution in [0.15, 0.2) is 29.2 Å². The van der Waals surface area contributed by atoms with Gasteiger partial charge in [0.25, 0.3) is 0 Å². The molecule has 0 bridgehead atoms. The van der Waals surface area contributed by atoms with E-state index in [1.54, 1.807) is 12.1 Å². The predicted octanol–water partition coefficient (Wildman–Crippen LogP) is 1.69. The summed E-state index contributed by atoms with van der Waals surface area (Å²) in [6, 6.07) is 7.31. The first-order chi connectivity index (χ1) is 9.20. The smallest absolute Gasteiger partial charge is 0.233 e. The van der Waals surface area contributed by atoms with E-state index < -0.39 is 0 Å². The highest BCUT2D eigenvalue weighted by molar-refractivity contribution is 8.00. The normalized spacial score (nSPS) is 18.8. The Morgan fingerprint density at radius 2 is 2.21 bits per heavy atom. The third-order valence-electron chi connectivity index (χ3n) is 3.34. The van der Waals surface area contributed by atoms with E-state index >= 15 is 0 Å². The highest BCUT2D eigenvalue weighted by Crippen LogP contribution is 2.23. The number of carbonyl (C=O) groups excluding carboxylic acids is 1. The molecule has 1 aliphatic heterocycles. The third-order valence-corrected chi connectivity index (χ3v) is 4.33. The van der Waals surface area contributed by atoms with E-state index in [4.69, 9.17) is 0 Å². The number of likely N-dealkylation sites (tertiary alicyclic amines) is 1. The Balaban J connectivity index is 1.85. The van der Waals surface area contributed by atoms with Crippen molar-refractivity contribution in [2.45, 2.75) is 23.8 Å². The number of aromatic hydroxyl groups is 1. The summed E-state index contributed by atoms with van der Waals surface area (Å²) in [4.78, 5) is 15.2. The number of likely N-dealkylation sites (N-methyl/N-ethyl adjacent to an activating group) is 1. The molecule has 2 rings (SSSR count). The van der Waals surface area contributed by atoms with Crippen molar-refractivity contribution in [1.82, 2.24) is 10.2 Å². The van der Waals surface area contributed by atoms with E-state index in [-0.39, 0.29) is 11.7 Å². The third kappa shape index (κ3) is 3.88. The van der Waals surface area contributed by atoms with Crippen LogP contribution in [-0.4, -0.2) is 47.8 Å². The number of hydrogen-bond acceptors (Lipinski definition) is 4. The fourth-order valence-electron chi connectivity index (χ4n) is 2.38. The molecular formula is C14H20N2O2S. The Morgan fingerprint density at radius 1 is 1.47 bits per heavy atom. The van der Waals surface area contributed by atoms with Gasteiger partial charge in [0, 0.05) is 24.0 Å². The summed E-state index contributed by atoms with van der Waals surface area (Å²) in [5.74, 6) is 0.922. The molecule has 1 amide bonds. The number of phenols is 1. The first-order valence-corrected chi connectivity index (χ1v) is 7.55. The van der Waals surface area contributed by atoms with Gasteiger partial charge in [-0.15, -0.1) is 11.8 Å². The average Bonchev–Trinajstić information content (AvgIpc) is 2.86. The van der Waals surface area contributed by atoms with Crippen molar-refractivity contribution >= 4 is 17.7 Å². The first kappa shape index (κ1) is 14.2. The molecule has 1 saturated heterocycles. The highest BCUT2D eigenvalue weighted by atomic mass is 32.2. The zero-order valence-electron chi connectivity index (χ0n) is 11.1. The fourth-order valence-corrected chi connectivity index (χ4v) is 3.17. The lowest BCUT2D eigenvalue weighted by atomic mass is 10.2. The number of nitrogens with zero attached hydrogens (tertiary/aromatic N) is 1. The molecule has 5 heteroatoms. The van der Waals surface area contributed by atoms with E-state index in [1.807, 2.05) is 24.1 Å². The molecule has 1 aromatic carbocycles. The second-order valence-electron chi connectivity index (χ2n) is 4.72. The quantitative estimate of drug-likeness (QED) is 0.806. The van der Waals surface area contributed by atoms with Crippen LogP contribution >= 0.6 is 11.8 Å². The summed E-state index contributed by atoms with van der Waals surface area (Å²) < 4.78 is 0. The van der Waals surface area contributed by atoms with Crippen molar-refractivity contribution in [3.8, 4) is 5.75 Å². The maximum atomic E-state index is 12.2. The van der Waals surface area contributed by atoms with Gasteiger partial charge >= 0.3 is 0 Å². The van der Waals surface area contributed by atoms with Crippen LogP contribution in [0.2, 0.25) is 0 Å². The maximum absolute atomic E-state index is 12.2. The van der Waals surface area contributed by atoms with Gasteiger partial charge in [-0.1, -0.05) is 0 Å². The summed E-state index contributed by atoms with van der Waals surface area (Å²) in [6.07, 6.45) is 2.19. The number of thioether (sulfide) groups is 1. The summed E-state index contributed by atoms with van der Waals surface area (Å²) in [5.41, 5.74) is 0. The van der Waals surface area contributed by atoms with Crippen LogP contribution in [-0.2, 0) is 4.79 Å². The van der Waals surface area contributed by atoms with Crippen molar-refractivity contribution < 1.29 is 9.90 Å². The molecule has 0 aromatic heterocycles. The molecular weight excluding hydrogens is 260 g/mol. The minimum absolute atomic E-state index is 0.204. The summed E-state index contributed by atoms with van der Waals surface area (Å²) in [7, 11) is 1.92. The Labute approximate surface area is 118 Å². The minimum atomic E-state index is 0.204. The van der Waals surface area contributed by atoms with Crippen molar-refractivity contribution in [2.75, 3.05) is 25.9 Å². The minimum Gasteiger partial charge on any atom is -0.508 e. The number of carbonyl (C=O) groups is 1. The van der Waals surface area contributed by atoms with Crippen molar-refractivity contribution in [2.24, 2.45) is 0 Å². The van der Waals surface area contributed by atoms with Crippen LogP contribution in [0.25, 0.3) is 0 Å². The molecule has 104 valence electrons. The van der Waals surface area contributed by atoms with Gasteiger partial charge in [0.1, 0.15) is 5.75 Å². The molecule has 2 N–H and O–H groups in total. The largest absolute Gasteiger partial charge is 0.508 e. The summed E-state index contributed by atoms with van der Waals surface area (Å²) >= 11 is 1.52. The van der Waals surface area contributed by atoms with Crippen molar-refractivity contribution in [3.05, 3.63) is 24.3 Å². The molecule has 19 heavy (non-hydrogen) atoms. The summed E-state index contributed by atoms with van der Waals surface area (Å²) in [5, 5.41) is 12.4. The van der Waals surface area contributed by atoms with Gasteiger partial charge in [0.05, 0.1) is 5.75 Å². The number of amides is 1. The van der Waals surface area contributed by atoms with Gasteiger partial charge < -0.3 is 15.3 Å². The highest BCUT2D eigenvalue weighted by Gasteiger charge is 2.27. The first-order valence-electron chi connectivity index (χ1n) is 6.56. The lowest BCUT2D eigenvalue weighted by Crippen LogP contribution is -2.41. The molecule has 0 saturated carbocycles. The standard InChI is InChI=1S/C14H20N2O2S/c1-15-9-11-3-2-8-16(11)14(18)10-19-13-6-4-12(17)5-7-13/h4-7,11,15,17H,2-3,8-10H2,1H3. The van der Waals surface area contributed by atoms with Crippen LogP contribution in [0.3, 0.4) is 0 Å². The number of hydrogen-bond donors (Lipinski definition) is 2. The Bertz CT molecular complexity index is 422. The van der Waals surface area contributed by atoms with Gasteiger partial charge in [0.15, 0.2) is 0 Å². The zero-order chi connectivity index (χ0) is 13.7. The second kappa shape index (κ2) is 6.82. The Hall–Kier alpha value is -1.20. The molecule has 0 spiro atoms. The second-order valence-corrected chi connectivity index (χ2v) is 5.77. The van der Waals surface area contributed by atoms with Crippen molar-refractivity contribution in [1.29, 1.82) is 0 Å². The van der Waals surface area contributed by atoms with E-state index in [0.29, 0.717) is 11.8 Å². The maximum Gasteiger partial charge on any atom is 0.233 e. The average molecular weight is 280 g/mol. The van der Waals surface area contributed by atoms with Crippen LogP contribution in [0, 0.1) is 0 Å². The van der Waals surface area contributed by atoms with Crippen LogP contribution in [0.5, 0.6) is 5.75 Å². The number of benzene rings is 1. The van der Waals surface area contributed by atoms with E-state index in [2.05, 4.69) is 5.32 Å². The van der Waals surface area contributed by atoms with Crippen LogP contribution in [0.1, 0.15) is 12.8 Å². The van der Waals surface area contributed by atoms with E-state index in [9.17, 15) is 9.90 Å². The Kier molecular flexibility index (Phi) is 5.10. The van der Waals surface area contributed by atoms with E-state index in [0.717, 1.165) is 30.8 Å². The lowest BCUT2D eigenvalue weighted by Gasteiger charge is -2.24. The molecule has 0 radical (unpaired) electrons. The van der Waals surface area contributed by atoms with Crippen LogP contribution < -0.4 is 5.32 Å². The topological polar surface area (TPSA) is 52.6 Å². The molecule has 1 unspecified atom stereocenters. The van der Waals surface area contributed by atoms with Gasteiger partial charge in [-0.2, -0.15) is 0 Å².